The fourth-order valence-corrected chi connectivity index (χ4v) is 3.50. The molecular weight excluding hydrogens is 332 g/mol. The summed E-state index contributed by atoms with van der Waals surface area (Å²) in [5, 5.41) is 15.0. The van der Waals surface area contributed by atoms with Crippen LogP contribution in [0.2, 0.25) is 0 Å². The molecule has 1 heterocycles. The third kappa shape index (κ3) is 3.49. The monoisotopic (exact) mass is 354 g/mol. The second-order valence-corrected chi connectivity index (χ2v) is 7.13. The van der Waals surface area contributed by atoms with E-state index in [9.17, 15) is 9.59 Å². The fourth-order valence-electron chi connectivity index (χ4n) is 3.50. The number of rotatable bonds is 3. The van der Waals surface area contributed by atoms with Gasteiger partial charge in [0.2, 0.25) is 0 Å². The molecule has 6 nitrogen and oxygen atoms in total. The average Bonchev–Trinajstić information content (AvgIpc) is 2.59. The lowest BCUT2D eigenvalue weighted by atomic mass is 9.73. The van der Waals surface area contributed by atoms with E-state index >= 15 is 0 Å². The summed E-state index contributed by atoms with van der Waals surface area (Å²) in [5.74, 6) is 0.199. The number of hydrogen-bond acceptors (Lipinski definition) is 4. The number of carbonyl (C=O) groups is 2. The Morgan fingerprint density at radius 2 is 2.00 bits per heavy atom. The second-order valence-electron chi connectivity index (χ2n) is 7.13. The Bertz CT molecular complexity index is 861. The Kier molecular flexibility index (Phi) is 4.59. The summed E-state index contributed by atoms with van der Waals surface area (Å²) in [6, 6.07) is 12.8. The van der Waals surface area contributed by atoms with Gasteiger partial charge in [-0.15, -0.1) is 0 Å². The topological polar surface area (TPSA) is 87.7 Å². The van der Waals surface area contributed by atoms with Crippen LogP contribution in [0.1, 0.15) is 41.4 Å². The number of ether oxygens (including phenoxy) is 1. The first-order valence-electron chi connectivity index (χ1n) is 8.42. The second kappa shape index (κ2) is 6.71. The molecule has 3 rings (SSSR count). The maximum atomic E-state index is 11.9. The lowest BCUT2D eigenvalue weighted by Gasteiger charge is -2.41. The molecule has 0 spiro atoms. The van der Waals surface area contributed by atoms with Crippen LogP contribution >= 0.6 is 0 Å². The van der Waals surface area contributed by atoms with Gasteiger partial charge < -0.3 is 20.5 Å². The third-order valence-electron chi connectivity index (χ3n) is 4.72. The van der Waals surface area contributed by atoms with Gasteiger partial charge in [0, 0.05) is 18.3 Å². The third-order valence-corrected chi connectivity index (χ3v) is 4.72. The van der Waals surface area contributed by atoms with Crippen molar-refractivity contribution in [3.05, 3.63) is 59.2 Å². The Morgan fingerprint density at radius 3 is 2.69 bits per heavy atom. The fraction of sp³-hybridized carbons (Fsp3) is 0.300. The zero-order valence-corrected chi connectivity index (χ0v) is 15.0. The Morgan fingerprint density at radius 1 is 1.23 bits per heavy atom. The predicted octanol–water partition coefficient (Wildman–Crippen LogP) is 3.84. The van der Waals surface area contributed by atoms with Gasteiger partial charge in [-0.2, -0.15) is 0 Å². The number of carboxylic acid groups (broad SMARTS) is 1. The van der Waals surface area contributed by atoms with Crippen molar-refractivity contribution in [1.82, 2.24) is 5.32 Å². The molecule has 1 amide bonds. The van der Waals surface area contributed by atoms with Crippen LogP contribution in [0.3, 0.4) is 0 Å². The summed E-state index contributed by atoms with van der Waals surface area (Å²) in [6.45, 7) is 4.29. The minimum absolute atomic E-state index is 0.0193. The highest BCUT2D eigenvalue weighted by Crippen LogP contribution is 2.45. The highest BCUT2D eigenvalue weighted by atomic mass is 16.7. The van der Waals surface area contributed by atoms with Crippen molar-refractivity contribution in [2.45, 2.75) is 26.3 Å². The normalized spacial score (nSPS) is 17.6. The predicted molar refractivity (Wildman–Crippen MR) is 98.8 cm³/mol. The molecule has 0 aliphatic carbocycles. The van der Waals surface area contributed by atoms with Gasteiger partial charge in [0.15, 0.2) is 0 Å². The molecule has 3 N–H and O–H groups in total. The van der Waals surface area contributed by atoms with Crippen LogP contribution in [-0.4, -0.2) is 24.2 Å². The van der Waals surface area contributed by atoms with Crippen LogP contribution in [0, 0.1) is 5.41 Å². The van der Waals surface area contributed by atoms with Crippen molar-refractivity contribution in [1.29, 1.82) is 0 Å². The smallest absolute Gasteiger partial charge is 0.449 e. The summed E-state index contributed by atoms with van der Waals surface area (Å²) in [7, 11) is 1.62. The molecule has 1 unspecified atom stereocenters. The van der Waals surface area contributed by atoms with E-state index in [0.29, 0.717) is 11.3 Å². The Balaban J connectivity index is 1.94. The van der Waals surface area contributed by atoms with Crippen LogP contribution in [0.5, 0.6) is 5.75 Å². The summed E-state index contributed by atoms with van der Waals surface area (Å²) >= 11 is 0. The molecule has 1 atom stereocenters. The molecule has 0 radical (unpaired) electrons. The van der Waals surface area contributed by atoms with E-state index in [1.807, 2.05) is 24.3 Å². The van der Waals surface area contributed by atoms with E-state index in [1.54, 1.807) is 25.2 Å². The first kappa shape index (κ1) is 17.8. The highest BCUT2D eigenvalue weighted by Gasteiger charge is 2.36. The Labute approximate surface area is 152 Å². The van der Waals surface area contributed by atoms with Crippen molar-refractivity contribution in [3.63, 3.8) is 0 Å². The number of benzene rings is 2. The van der Waals surface area contributed by atoms with E-state index in [0.717, 1.165) is 23.2 Å². The van der Waals surface area contributed by atoms with Crippen LogP contribution in [0.25, 0.3) is 0 Å². The molecule has 0 fully saturated rings. The van der Waals surface area contributed by atoms with Crippen molar-refractivity contribution in [2.75, 3.05) is 12.4 Å². The lowest BCUT2D eigenvalue weighted by Crippen LogP contribution is -2.35. The van der Waals surface area contributed by atoms with Gasteiger partial charge in [-0.1, -0.05) is 26.0 Å². The van der Waals surface area contributed by atoms with Gasteiger partial charge in [0.05, 0.1) is 6.04 Å². The van der Waals surface area contributed by atoms with E-state index in [2.05, 4.69) is 24.5 Å². The van der Waals surface area contributed by atoms with E-state index in [-0.39, 0.29) is 17.4 Å². The van der Waals surface area contributed by atoms with Gasteiger partial charge >= 0.3 is 6.16 Å². The zero-order chi connectivity index (χ0) is 18.9. The average molecular weight is 354 g/mol. The van der Waals surface area contributed by atoms with Crippen molar-refractivity contribution < 1.29 is 19.4 Å². The quantitative estimate of drug-likeness (QED) is 0.576. The molecule has 2 aromatic carbocycles. The van der Waals surface area contributed by atoms with E-state index < -0.39 is 6.16 Å². The van der Waals surface area contributed by atoms with Gasteiger partial charge in [-0.05, 0) is 53.3 Å². The molecule has 0 saturated carbocycles. The van der Waals surface area contributed by atoms with Crippen molar-refractivity contribution in [2.24, 2.45) is 5.41 Å². The number of hydrogen-bond donors (Lipinski definition) is 3. The number of fused-ring (bicyclic) bond motifs is 1. The van der Waals surface area contributed by atoms with Crippen LogP contribution < -0.4 is 15.4 Å². The minimum atomic E-state index is -1.32. The summed E-state index contributed by atoms with van der Waals surface area (Å²) in [5.41, 5.74) is 3.46. The van der Waals surface area contributed by atoms with Gasteiger partial charge in [-0.25, -0.2) is 4.79 Å². The van der Waals surface area contributed by atoms with Gasteiger partial charge in [0.1, 0.15) is 5.75 Å². The molecule has 1 aliphatic rings. The number of nitrogens with one attached hydrogen (secondary N) is 2. The first-order valence-corrected chi connectivity index (χ1v) is 8.42. The van der Waals surface area contributed by atoms with Gasteiger partial charge in [-0.3, -0.25) is 4.79 Å². The maximum Gasteiger partial charge on any atom is 0.511 e. The Hall–Kier alpha value is -3.02. The summed E-state index contributed by atoms with van der Waals surface area (Å²) in [4.78, 5) is 22.7. The van der Waals surface area contributed by atoms with Crippen molar-refractivity contribution in [3.8, 4) is 5.75 Å². The molecule has 136 valence electrons. The molecule has 6 heteroatoms. The molecule has 26 heavy (non-hydrogen) atoms. The maximum absolute atomic E-state index is 11.9. The largest absolute Gasteiger partial charge is 0.511 e. The zero-order valence-electron chi connectivity index (χ0n) is 15.0. The lowest BCUT2D eigenvalue weighted by molar-refractivity contribution is 0.0962. The number of anilines is 1. The molecule has 0 aromatic heterocycles. The standard InChI is InChI=1S/C20H22N2O4/c1-20(2)11-14-10-15(26-19(24)25)7-8-16(14)22-17(20)12-5-4-6-13(9-12)18(23)21-3/h4-10,17,22H,11H2,1-3H3,(H,21,23)(H,24,25). The van der Waals surface area contributed by atoms with Crippen LogP contribution in [0.15, 0.2) is 42.5 Å². The molecular formula is C20H22N2O4. The molecule has 0 saturated heterocycles. The molecule has 1 aliphatic heterocycles. The molecule has 2 aromatic rings. The van der Waals surface area contributed by atoms with Crippen LogP contribution in [0.4, 0.5) is 10.5 Å². The SMILES string of the molecule is CNC(=O)c1cccc(C2Nc3ccc(OC(=O)O)cc3CC2(C)C)c1. The van der Waals surface area contributed by atoms with Gasteiger partial charge in [0.25, 0.3) is 5.91 Å². The van der Waals surface area contributed by atoms with E-state index in [1.165, 1.54) is 0 Å². The number of carbonyl (C=O) groups excluding carboxylic acids is 1. The highest BCUT2D eigenvalue weighted by molar-refractivity contribution is 5.94. The van der Waals surface area contributed by atoms with Crippen LogP contribution in [-0.2, 0) is 6.42 Å². The van der Waals surface area contributed by atoms with E-state index in [4.69, 9.17) is 9.84 Å². The molecule has 0 bridgehead atoms. The number of amides is 1. The first-order chi connectivity index (χ1) is 12.3. The minimum Gasteiger partial charge on any atom is -0.449 e. The summed E-state index contributed by atoms with van der Waals surface area (Å²) in [6.07, 6.45) is -0.571. The van der Waals surface area contributed by atoms with Crippen molar-refractivity contribution >= 4 is 17.7 Å². The summed E-state index contributed by atoms with van der Waals surface area (Å²) < 4.78 is 4.76.